The molecule has 1 aromatic carbocycles. The van der Waals surface area contributed by atoms with E-state index in [-0.39, 0.29) is 37.0 Å². The molecule has 0 saturated carbocycles. The predicted molar refractivity (Wildman–Crippen MR) is 126 cm³/mol. The Bertz CT molecular complexity index is 890. The van der Waals surface area contributed by atoms with Gasteiger partial charge in [-0.25, -0.2) is 0 Å². The molecule has 1 fully saturated rings. The maximum atomic E-state index is 13.1. The van der Waals surface area contributed by atoms with Crippen LogP contribution in [0.1, 0.15) is 42.5 Å². The number of nitrogens with zero attached hydrogens (tertiary/aromatic N) is 2. The maximum Gasteiger partial charge on any atom is 0.255 e. The molecular weight excluding hydrogens is 438 g/mol. The number of carbonyl (C=O) groups excluding carboxylic acids is 4. The van der Waals surface area contributed by atoms with Crippen LogP contribution in [0.15, 0.2) is 24.3 Å². The number of amides is 4. The van der Waals surface area contributed by atoms with E-state index in [1.54, 1.807) is 24.3 Å². The third-order valence-corrected chi connectivity index (χ3v) is 6.00. The number of para-hydroxylation sites is 1. The van der Waals surface area contributed by atoms with Crippen LogP contribution in [0.2, 0.25) is 0 Å². The normalized spacial score (nSPS) is 21.6. The molecule has 0 spiro atoms. The zero-order valence-electron chi connectivity index (χ0n) is 20.0. The van der Waals surface area contributed by atoms with Crippen molar-refractivity contribution in [3.63, 3.8) is 0 Å². The zero-order valence-corrected chi connectivity index (χ0v) is 20.0. The van der Waals surface area contributed by atoms with Gasteiger partial charge in [0.05, 0.1) is 18.5 Å². The van der Waals surface area contributed by atoms with Crippen molar-refractivity contribution in [1.29, 1.82) is 0 Å². The standard InChI is InChI=1S/C24H35N5O5/c1-28(2)13-6-5-11-25-23(32)18-16-21(30)29-14-7-9-19(29)24(33)26-12-15-34-20-10-4-3-8-17(20)22(31)27-18/h3-4,8,10,18-19H,5-7,9,11-16H2,1-2H3,(H,25,32)(H,26,33)(H,27,31)/t18-,19-/m0/s1. The summed E-state index contributed by atoms with van der Waals surface area (Å²) in [5.41, 5.74) is 0.265. The molecule has 0 radical (unpaired) electrons. The lowest BCUT2D eigenvalue weighted by atomic mass is 10.1. The molecule has 0 aliphatic carbocycles. The van der Waals surface area contributed by atoms with E-state index >= 15 is 0 Å². The first kappa shape index (κ1) is 25.5. The van der Waals surface area contributed by atoms with Crippen molar-refractivity contribution in [1.82, 2.24) is 25.8 Å². The first-order chi connectivity index (χ1) is 16.4. The van der Waals surface area contributed by atoms with E-state index in [2.05, 4.69) is 20.9 Å². The van der Waals surface area contributed by atoms with Gasteiger partial charge >= 0.3 is 0 Å². The van der Waals surface area contributed by atoms with Gasteiger partial charge in [-0.2, -0.15) is 0 Å². The van der Waals surface area contributed by atoms with Gasteiger partial charge in [-0.15, -0.1) is 0 Å². The average molecular weight is 474 g/mol. The Morgan fingerprint density at radius 2 is 2.00 bits per heavy atom. The number of unbranched alkanes of at least 4 members (excludes halogenated alkanes) is 1. The number of hydrogen-bond acceptors (Lipinski definition) is 6. The van der Waals surface area contributed by atoms with Crippen LogP contribution in [-0.4, -0.2) is 92.4 Å². The quantitative estimate of drug-likeness (QED) is 0.506. The van der Waals surface area contributed by atoms with Gasteiger partial charge in [-0.05, 0) is 58.5 Å². The van der Waals surface area contributed by atoms with Crippen molar-refractivity contribution in [3.8, 4) is 5.75 Å². The Morgan fingerprint density at radius 1 is 1.21 bits per heavy atom. The fraction of sp³-hybridized carbons (Fsp3) is 0.583. The van der Waals surface area contributed by atoms with Crippen LogP contribution < -0.4 is 20.7 Å². The summed E-state index contributed by atoms with van der Waals surface area (Å²) in [4.78, 5) is 55.4. The van der Waals surface area contributed by atoms with Crippen LogP contribution in [0.25, 0.3) is 0 Å². The first-order valence-corrected chi connectivity index (χ1v) is 11.9. The second kappa shape index (κ2) is 12.4. The van der Waals surface area contributed by atoms with E-state index in [1.165, 1.54) is 4.90 Å². The number of rotatable bonds is 6. The molecule has 34 heavy (non-hydrogen) atoms. The summed E-state index contributed by atoms with van der Waals surface area (Å²) in [5.74, 6) is -1.12. The minimum Gasteiger partial charge on any atom is -0.491 e. The lowest BCUT2D eigenvalue weighted by Gasteiger charge is -2.27. The Hall–Kier alpha value is -3.14. The Labute approximate surface area is 200 Å². The Balaban J connectivity index is 1.77. The molecule has 186 valence electrons. The van der Waals surface area contributed by atoms with Crippen molar-refractivity contribution in [2.75, 3.05) is 46.9 Å². The van der Waals surface area contributed by atoms with Gasteiger partial charge < -0.3 is 30.5 Å². The molecule has 0 unspecified atom stereocenters. The van der Waals surface area contributed by atoms with Crippen LogP contribution in [0.5, 0.6) is 5.75 Å². The Kier molecular flexibility index (Phi) is 9.26. The van der Waals surface area contributed by atoms with Gasteiger partial charge in [0.25, 0.3) is 5.91 Å². The summed E-state index contributed by atoms with van der Waals surface area (Å²) in [6, 6.07) is 5.07. The molecule has 3 rings (SSSR count). The van der Waals surface area contributed by atoms with Gasteiger partial charge in [-0.1, -0.05) is 12.1 Å². The average Bonchev–Trinajstić information content (AvgIpc) is 3.30. The molecule has 4 amide bonds. The molecule has 2 heterocycles. The smallest absolute Gasteiger partial charge is 0.255 e. The fourth-order valence-electron chi connectivity index (χ4n) is 4.20. The number of ether oxygens (including phenoxy) is 1. The monoisotopic (exact) mass is 473 g/mol. The van der Waals surface area contributed by atoms with E-state index in [0.717, 1.165) is 19.4 Å². The minimum absolute atomic E-state index is 0.174. The molecule has 3 N–H and O–H groups in total. The number of carbonyl (C=O) groups is 4. The molecule has 10 nitrogen and oxygen atoms in total. The summed E-state index contributed by atoms with van der Waals surface area (Å²) >= 11 is 0. The topological polar surface area (TPSA) is 120 Å². The van der Waals surface area contributed by atoms with Crippen molar-refractivity contribution >= 4 is 23.6 Å². The van der Waals surface area contributed by atoms with Crippen molar-refractivity contribution in [3.05, 3.63) is 29.8 Å². The lowest BCUT2D eigenvalue weighted by Crippen LogP contribution is -2.52. The number of fused-ring (bicyclic) bond motifs is 2. The molecule has 10 heteroatoms. The van der Waals surface area contributed by atoms with E-state index in [4.69, 9.17) is 4.74 Å². The summed E-state index contributed by atoms with van der Waals surface area (Å²) in [6.07, 6.45) is 2.75. The molecular formula is C24H35N5O5. The van der Waals surface area contributed by atoms with Gasteiger partial charge in [0, 0.05) is 13.1 Å². The van der Waals surface area contributed by atoms with Crippen molar-refractivity contribution in [2.45, 2.75) is 44.2 Å². The highest BCUT2D eigenvalue weighted by Crippen LogP contribution is 2.21. The van der Waals surface area contributed by atoms with E-state index in [9.17, 15) is 19.2 Å². The van der Waals surface area contributed by atoms with Gasteiger partial charge in [0.1, 0.15) is 24.4 Å². The number of hydrogen-bond donors (Lipinski definition) is 3. The molecule has 1 saturated heterocycles. The van der Waals surface area contributed by atoms with Crippen LogP contribution >= 0.6 is 0 Å². The molecule has 2 atom stereocenters. The molecule has 0 aromatic heterocycles. The highest BCUT2D eigenvalue weighted by atomic mass is 16.5. The van der Waals surface area contributed by atoms with Gasteiger partial charge in [0.2, 0.25) is 17.7 Å². The van der Waals surface area contributed by atoms with E-state index in [0.29, 0.717) is 31.7 Å². The summed E-state index contributed by atoms with van der Waals surface area (Å²) in [6.45, 7) is 2.23. The molecule has 1 aromatic rings. The van der Waals surface area contributed by atoms with Crippen molar-refractivity contribution in [2.24, 2.45) is 0 Å². The Morgan fingerprint density at radius 3 is 2.79 bits per heavy atom. The number of benzene rings is 1. The van der Waals surface area contributed by atoms with E-state index in [1.807, 2.05) is 14.1 Å². The van der Waals surface area contributed by atoms with Gasteiger partial charge in [0.15, 0.2) is 0 Å². The largest absolute Gasteiger partial charge is 0.491 e. The number of nitrogens with one attached hydrogen (secondary N) is 3. The zero-order chi connectivity index (χ0) is 24.5. The van der Waals surface area contributed by atoms with Crippen LogP contribution in [0, 0.1) is 0 Å². The highest BCUT2D eigenvalue weighted by molar-refractivity contribution is 6.01. The third kappa shape index (κ3) is 6.93. The van der Waals surface area contributed by atoms with Crippen LogP contribution in [0.3, 0.4) is 0 Å². The van der Waals surface area contributed by atoms with Crippen molar-refractivity contribution < 1.29 is 23.9 Å². The van der Waals surface area contributed by atoms with E-state index < -0.39 is 23.9 Å². The summed E-state index contributed by atoms with van der Waals surface area (Å²) < 4.78 is 5.73. The SMILES string of the molecule is CN(C)CCCCNC(=O)[C@@H]1CC(=O)N2CCC[C@H]2C(=O)NCCOc2ccccc2C(=O)N1. The first-order valence-electron chi connectivity index (χ1n) is 11.9. The molecule has 2 aliphatic heterocycles. The minimum atomic E-state index is -1.06. The maximum absolute atomic E-state index is 13.1. The fourth-order valence-corrected chi connectivity index (χ4v) is 4.20. The predicted octanol–water partition coefficient (Wildman–Crippen LogP) is 0.133. The van der Waals surface area contributed by atoms with Gasteiger partial charge in [-0.3, -0.25) is 19.2 Å². The second-order valence-electron chi connectivity index (χ2n) is 8.91. The molecule has 2 aliphatic rings. The lowest BCUT2D eigenvalue weighted by molar-refractivity contribution is -0.140. The van der Waals surface area contributed by atoms with Crippen LogP contribution in [0.4, 0.5) is 0 Å². The third-order valence-electron chi connectivity index (χ3n) is 6.00. The second-order valence-corrected chi connectivity index (χ2v) is 8.91. The molecule has 0 bridgehead atoms. The summed E-state index contributed by atoms with van der Waals surface area (Å²) in [5, 5.41) is 8.37. The summed E-state index contributed by atoms with van der Waals surface area (Å²) in [7, 11) is 3.98. The highest BCUT2D eigenvalue weighted by Gasteiger charge is 2.36. The van der Waals surface area contributed by atoms with Crippen LogP contribution in [-0.2, 0) is 14.4 Å².